The Labute approximate surface area is 220 Å². The molecule has 3 aliphatic heterocycles. The molecule has 5 rings (SSSR count). The lowest BCUT2D eigenvalue weighted by Crippen LogP contribution is -2.64. The molecule has 3 aliphatic rings. The second kappa shape index (κ2) is 12.5. The van der Waals surface area contributed by atoms with Gasteiger partial charge in [-0.25, -0.2) is 0 Å². The van der Waals surface area contributed by atoms with Crippen LogP contribution in [0.5, 0.6) is 0 Å². The molecule has 0 radical (unpaired) electrons. The Morgan fingerprint density at radius 1 is 0.895 bits per heavy atom. The quantitative estimate of drug-likeness (QED) is 0.351. The van der Waals surface area contributed by atoms with Crippen molar-refractivity contribution in [1.29, 1.82) is 0 Å². The lowest BCUT2D eigenvalue weighted by atomic mass is 9.97. The van der Waals surface area contributed by atoms with Gasteiger partial charge in [-0.3, -0.25) is 0 Å². The van der Waals surface area contributed by atoms with Gasteiger partial charge in [-0.2, -0.15) is 0 Å². The highest BCUT2D eigenvalue weighted by Gasteiger charge is 2.55. The minimum absolute atomic E-state index is 0.178. The van der Waals surface area contributed by atoms with E-state index in [1.54, 1.807) is 0 Å². The Bertz CT molecular complexity index is 989. The maximum atomic E-state index is 10.7. The van der Waals surface area contributed by atoms with Crippen molar-refractivity contribution < 1.29 is 53.6 Å². The van der Waals surface area contributed by atoms with Gasteiger partial charge in [0.1, 0.15) is 48.8 Å². The molecule has 0 aromatic heterocycles. The van der Waals surface area contributed by atoms with E-state index in [-0.39, 0.29) is 13.2 Å². The molecule has 0 spiro atoms. The topological polar surface area (TPSA) is 146 Å². The van der Waals surface area contributed by atoms with Crippen molar-refractivity contribution in [3.05, 3.63) is 71.8 Å². The molecule has 2 aromatic rings. The standard InChI is InChI=1S/C27H34O11/c1-32-27-24(33-13-15-8-4-2-5-9-15)23(38-26-20(31)19(30)21(36-26)17(29)12-28)22-18(35-27)14-34-25(37-22)16-10-6-3-7-11-16/h2-11,17-31H,12-14H2,1H3/t17-,18+,19+,20+,21-,22+,23-,24-,25+,26-,27-/m0/s1. The first-order valence-electron chi connectivity index (χ1n) is 12.6. The fourth-order valence-electron chi connectivity index (χ4n) is 4.97. The molecular weight excluding hydrogens is 500 g/mol. The number of hydrogen-bond acceptors (Lipinski definition) is 11. The number of methoxy groups -OCH3 is 1. The van der Waals surface area contributed by atoms with E-state index in [1.807, 2.05) is 60.7 Å². The SMILES string of the molecule is CO[C@H]1O[C@@H]2CO[C@@H](c3ccccc3)O[C@H]2[C@H](O[C@@H]2O[C@@H]([C@@H](O)CO)[C@H](O)[C@H]2O)[C@@H]1OCc1ccccc1. The zero-order valence-electron chi connectivity index (χ0n) is 20.9. The van der Waals surface area contributed by atoms with Crippen LogP contribution in [0.1, 0.15) is 17.4 Å². The summed E-state index contributed by atoms with van der Waals surface area (Å²) in [5.41, 5.74) is 1.72. The molecule has 0 unspecified atom stereocenters. The number of fused-ring (bicyclic) bond motifs is 1. The Morgan fingerprint density at radius 3 is 2.29 bits per heavy atom. The smallest absolute Gasteiger partial charge is 0.187 e. The molecule has 3 heterocycles. The van der Waals surface area contributed by atoms with E-state index in [2.05, 4.69) is 0 Å². The van der Waals surface area contributed by atoms with Gasteiger partial charge < -0.3 is 53.6 Å². The monoisotopic (exact) mass is 534 g/mol. The average molecular weight is 535 g/mol. The zero-order chi connectivity index (χ0) is 26.6. The molecular formula is C27H34O11. The van der Waals surface area contributed by atoms with Crippen LogP contribution in [0, 0.1) is 0 Å². The summed E-state index contributed by atoms with van der Waals surface area (Å²) < 4.78 is 42.2. The van der Waals surface area contributed by atoms with Gasteiger partial charge in [-0.1, -0.05) is 60.7 Å². The minimum Gasteiger partial charge on any atom is -0.394 e. The van der Waals surface area contributed by atoms with Crippen LogP contribution in [0.4, 0.5) is 0 Å². The second-order valence-corrected chi connectivity index (χ2v) is 9.52. The maximum Gasteiger partial charge on any atom is 0.187 e. The van der Waals surface area contributed by atoms with Crippen molar-refractivity contribution in [3.63, 3.8) is 0 Å². The van der Waals surface area contributed by atoms with Crippen LogP contribution in [0.2, 0.25) is 0 Å². The normalized spacial score (nSPS) is 38.0. The first-order chi connectivity index (χ1) is 18.5. The predicted octanol–water partition coefficient (Wildman–Crippen LogP) is 0.242. The highest BCUT2D eigenvalue weighted by Crippen LogP contribution is 2.38. The number of ether oxygens (including phenoxy) is 7. The number of rotatable bonds is 9. The molecule has 11 atom stereocenters. The first-order valence-corrected chi connectivity index (χ1v) is 12.6. The molecule has 11 nitrogen and oxygen atoms in total. The van der Waals surface area contributed by atoms with Gasteiger partial charge in [0, 0.05) is 12.7 Å². The van der Waals surface area contributed by atoms with Crippen LogP contribution < -0.4 is 0 Å². The molecule has 2 aromatic carbocycles. The summed E-state index contributed by atoms with van der Waals surface area (Å²) in [6.07, 6.45) is -11.6. The Kier molecular flexibility index (Phi) is 9.03. The largest absolute Gasteiger partial charge is 0.394 e. The van der Waals surface area contributed by atoms with E-state index in [1.165, 1.54) is 7.11 Å². The molecule has 38 heavy (non-hydrogen) atoms. The number of hydrogen-bond donors (Lipinski definition) is 4. The fourth-order valence-corrected chi connectivity index (χ4v) is 4.97. The minimum atomic E-state index is -1.50. The number of aliphatic hydroxyl groups excluding tert-OH is 4. The summed E-state index contributed by atoms with van der Waals surface area (Å²) in [4.78, 5) is 0. The van der Waals surface area contributed by atoms with Crippen LogP contribution in [0.15, 0.2) is 60.7 Å². The van der Waals surface area contributed by atoms with Gasteiger partial charge in [0.05, 0.1) is 19.8 Å². The summed E-state index contributed by atoms with van der Waals surface area (Å²) >= 11 is 0. The molecule has 208 valence electrons. The highest BCUT2D eigenvalue weighted by molar-refractivity contribution is 5.17. The van der Waals surface area contributed by atoms with Crippen LogP contribution in [0.3, 0.4) is 0 Å². The molecule has 11 heteroatoms. The summed E-state index contributed by atoms with van der Waals surface area (Å²) in [5, 5.41) is 40.5. The summed E-state index contributed by atoms with van der Waals surface area (Å²) in [7, 11) is 1.48. The fraction of sp³-hybridized carbons (Fsp3) is 0.556. The lowest BCUT2D eigenvalue weighted by Gasteiger charge is -2.49. The maximum absolute atomic E-state index is 10.7. The van der Waals surface area contributed by atoms with Crippen LogP contribution in [-0.4, -0.2) is 102 Å². The third-order valence-corrected chi connectivity index (χ3v) is 6.99. The third kappa shape index (κ3) is 5.79. The third-order valence-electron chi connectivity index (χ3n) is 6.99. The molecule has 0 saturated carbocycles. The van der Waals surface area contributed by atoms with Gasteiger partial charge in [0.2, 0.25) is 0 Å². The summed E-state index contributed by atoms with van der Waals surface area (Å²) in [6.45, 7) is -0.262. The van der Waals surface area contributed by atoms with E-state index >= 15 is 0 Å². The van der Waals surface area contributed by atoms with Crippen molar-refractivity contribution in [2.45, 2.75) is 74.3 Å². The Morgan fingerprint density at radius 2 is 1.61 bits per heavy atom. The summed E-state index contributed by atoms with van der Waals surface area (Å²) in [6, 6.07) is 19.0. The van der Waals surface area contributed by atoms with Crippen LogP contribution in [0.25, 0.3) is 0 Å². The van der Waals surface area contributed by atoms with Crippen LogP contribution >= 0.6 is 0 Å². The number of benzene rings is 2. The first kappa shape index (κ1) is 27.6. The second-order valence-electron chi connectivity index (χ2n) is 9.52. The molecule has 4 N–H and O–H groups in total. The van der Waals surface area contributed by atoms with Gasteiger partial charge >= 0.3 is 0 Å². The Hall–Kier alpha value is -2.00. The number of aliphatic hydroxyl groups is 4. The van der Waals surface area contributed by atoms with Gasteiger partial charge in [0.15, 0.2) is 18.9 Å². The Balaban J connectivity index is 1.41. The predicted molar refractivity (Wildman–Crippen MR) is 129 cm³/mol. The van der Waals surface area contributed by atoms with Crippen molar-refractivity contribution in [2.24, 2.45) is 0 Å². The van der Waals surface area contributed by atoms with E-state index in [0.717, 1.165) is 11.1 Å². The molecule has 3 saturated heterocycles. The zero-order valence-corrected chi connectivity index (χ0v) is 20.9. The van der Waals surface area contributed by atoms with Crippen molar-refractivity contribution >= 4 is 0 Å². The van der Waals surface area contributed by atoms with E-state index in [0.29, 0.717) is 0 Å². The molecule has 0 bridgehead atoms. The molecule has 3 fully saturated rings. The summed E-state index contributed by atoms with van der Waals surface area (Å²) in [5.74, 6) is 0. The van der Waals surface area contributed by atoms with Crippen molar-refractivity contribution in [3.8, 4) is 0 Å². The van der Waals surface area contributed by atoms with Gasteiger partial charge in [-0.15, -0.1) is 0 Å². The van der Waals surface area contributed by atoms with E-state index in [4.69, 9.17) is 33.2 Å². The van der Waals surface area contributed by atoms with Crippen molar-refractivity contribution in [1.82, 2.24) is 0 Å². The van der Waals surface area contributed by atoms with Crippen molar-refractivity contribution in [2.75, 3.05) is 20.3 Å². The average Bonchev–Trinajstić information content (AvgIpc) is 3.25. The van der Waals surface area contributed by atoms with Crippen LogP contribution in [-0.2, 0) is 39.8 Å². The molecule has 0 amide bonds. The highest BCUT2D eigenvalue weighted by atomic mass is 16.8. The molecule has 0 aliphatic carbocycles. The van der Waals surface area contributed by atoms with Gasteiger partial charge in [0.25, 0.3) is 0 Å². The van der Waals surface area contributed by atoms with Gasteiger partial charge in [-0.05, 0) is 5.56 Å². The van der Waals surface area contributed by atoms with E-state index in [9.17, 15) is 20.4 Å². The van der Waals surface area contributed by atoms with E-state index < -0.39 is 74.3 Å². The lowest BCUT2D eigenvalue weighted by molar-refractivity contribution is -0.382.